The molecule has 2 nitrogen and oxygen atoms in total. The third-order valence-electron chi connectivity index (χ3n) is 2.11. The van der Waals surface area contributed by atoms with Crippen LogP contribution in [0.2, 0.25) is 0 Å². The van der Waals surface area contributed by atoms with E-state index in [-0.39, 0.29) is 0 Å². The number of pyridine rings is 1. The van der Waals surface area contributed by atoms with E-state index in [2.05, 4.69) is 11.1 Å². The summed E-state index contributed by atoms with van der Waals surface area (Å²) in [6.07, 6.45) is 4.58. The molecule has 0 aliphatic rings. The number of rotatable bonds is 2. The number of nitrogen functional groups attached to an aromatic ring is 1. The zero-order chi connectivity index (χ0) is 13.8. The number of nitrogens with zero attached hydrogens (tertiary/aromatic N) is 1. The molecule has 98 valence electrons. The molecule has 0 aliphatic heterocycles. The fourth-order valence-electron chi connectivity index (χ4n) is 1.37. The van der Waals surface area contributed by atoms with Crippen LogP contribution in [0.15, 0.2) is 48.8 Å². The van der Waals surface area contributed by atoms with Crippen molar-refractivity contribution in [3.8, 4) is 0 Å². The zero-order valence-electron chi connectivity index (χ0n) is 11.9. The van der Waals surface area contributed by atoms with Gasteiger partial charge in [0.1, 0.15) is 0 Å². The van der Waals surface area contributed by atoms with Crippen molar-refractivity contribution in [2.45, 2.75) is 34.1 Å². The van der Waals surface area contributed by atoms with Gasteiger partial charge in [-0.05, 0) is 35.7 Å². The smallest absolute Gasteiger partial charge is 0.0314 e. The number of anilines is 1. The Hall–Kier alpha value is -1.83. The van der Waals surface area contributed by atoms with Gasteiger partial charge in [-0.3, -0.25) is 4.98 Å². The maximum absolute atomic E-state index is 5.61. The van der Waals surface area contributed by atoms with Crippen LogP contribution in [0.4, 0.5) is 5.69 Å². The highest BCUT2D eigenvalue weighted by molar-refractivity contribution is 5.40. The first kappa shape index (κ1) is 16.2. The zero-order valence-corrected chi connectivity index (χ0v) is 11.9. The van der Waals surface area contributed by atoms with Gasteiger partial charge in [-0.1, -0.05) is 45.9 Å². The Kier molecular flexibility index (Phi) is 9.28. The molecule has 2 aromatic rings. The van der Waals surface area contributed by atoms with Gasteiger partial charge in [0.2, 0.25) is 0 Å². The van der Waals surface area contributed by atoms with E-state index < -0.39 is 0 Å². The van der Waals surface area contributed by atoms with Crippen molar-refractivity contribution in [3.63, 3.8) is 0 Å². The molecular weight excluding hydrogens is 220 g/mol. The van der Waals surface area contributed by atoms with Gasteiger partial charge in [0.15, 0.2) is 0 Å². The van der Waals surface area contributed by atoms with Crippen molar-refractivity contribution >= 4 is 5.69 Å². The fourth-order valence-corrected chi connectivity index (χ4v) is 1.37. The van der Waals surface area contributed by atoms with Gasteiger partial charge in [0.25, 0.3) is 0 Å². The van der Waals surface area contributed by atoms with Gasteiger partial charge in [0, 0.05) is 18.1 Å². The minimum atomic E-state index is 0.805. The molecule has 0 saturated heterocycles. The molecule has 0 amide bonds. The van der Waals surface area contributed by atoms with Crippen LogP contribution in [-0.2, 0) is 6.42 Å². The second kappa shape index (κ2) is 10.3. The van der Waals surface area contributed by atoms with Crippen molar-refractivity contribution in [2.24, 2.45) is 0 Å². The van der Waals surface area contributed by atoms with E-state index in [0.717, 1.165) is 12.1 Å². The van der Waals surface area contributed by atoms with Crippen molar-refractivity contribution in [1.82, 2.24) is 4.98 Å². The molecule has 2 rings (SSSR count). The average molecular weight is 244 g/mol. The Labute approximate surface area is 111 Å². The quantitative estimate of drug-likeness (QED) is 0.800. The summed E-state index contributed by atoms with van der Waals surface area (Å²) < 4.78 is 0. The lowest BCUT2D eigenvalue weighted by Crippen LogP contribution is -1.90. The highest BCUT2D eigenvalue weighted by Crippen LogP contribution is 2.10. The minimum Gasteiger partial charge on any atom is -0.399 e. The van der Waals surface area contributed by atoms with E-state index in [0.29, 0.717) is 0 Å². The third kappa shape index (κ3) is 6.04. The minimum absolute atomic E-state index is 0.805. The maximum atomic E-state index is 5.61. The van der Waals surface area contributed by atoms with Crippen LogP contribution in [0, 0.1) is 0 Å². The summed E-state index contributed by atoms with van der Waals surface area (Å²) in [7, 11) is 0. The standard InChI is InChI=1S/C12H12N2.2C2H6/c13-12-5-3-10(4-6-12)8-11-2-1-7-14-9-11;2*1-2/h1-7,9H,8,13H2;2*1-2H3. The molecule has 0 unspecified atom stereocenters. The number of benzene rings is 1. The summed E-state index contributed by atoms with van der Waals surface area (Å²) in [5.41, 5.74) is 8.89. The number of nitrogens with two attached hydrogens (primary N) is 1. The van der Waals surface area contributed by atoms with E-state index in [1.807, 2.05) is 64.2 Å². The first-order chi connectivity index (χ1) is 8.84. The number of aromatic nitrogens is 1. The summed E-state index contributed by atoms with van der Waals surface area (Å²) >= 11 is 0. The molecule has 2 N–H and O–H groups in total. The Bertz CT molecular complexity index is 393. The molecule has 0 radical (unpaired) electrons. The SMILES string of the molecule is CC.CC.Nc1ccc(Cc2cccnc2)cc1. The Morgan fingerprint density at radius 1 is 0.889 bits per heavy atom. The molecule has 0 atom stereocenters. The lowest BCUT2D eigenvalue weighted by Gasteiger charge is -2.01. The van der Waals surface area contributed by atoms with E-state index in [1.165, 1.54) is 11.1 Å². The molecule has 2 heteroatoms. The number of hydrogen-bond acceptors (Lipinski definition) is 2. The highest BCUT2D eigenvalue weighted by atomic mass is 14.6. The van der Waals surface area contributed by atoms with E-state index in [4.69, 9.17) is 5.73 Å². The molecule has 0 aliphatic carbocycles. The van der Waals surface area contributed by atoms with Crippen LogP contribution in [0.25, 0.3) is 0 Å². The van der Waals surface area contributed by atoms with Crippen LogP contribution >= 0.6 is 0 Å². The second-order valence-corrected chi connectivity index (χ2v) is 3.28. The van der Waals surface area contributed by atoms with Crippen molar-refractivity contribution in [1.29, 1.82) is 0 Å². The summed E-state index contributed by atoms with van der Waals surface area (Å²) in [5, 5.41) is 0. The largest absolute Gasteiger partial charge is 0.399 e. The van der Waals surface area contributed by atoms with Crippen LogP contribution in [-0.4, -0.2) is 4.98 Å². The van der Waals surface area contributed by atoms with Crippen LogP contribution in [0.5, 0.6) is 0 Å². The van der Waals surface area contributed by atoms with Crippen LogP contribution < -0.4 is 5.73 Å². The van der Waals surface area contributed by atoms with Crippen molar-refractivity contribution in [2.75, 3.05) is 5.73 Å². The normalized spacial score (nSPS) is 8.44. The molecule has 0 spiro atoms. The average Bonchev–Trinajstić information content (AvgIpc) is 2.47. The third-order valence-corrected chi connectivity index (χ3v) is 2.11. The van der Waals surface area contributed by atoms with Gasteiger partial charge < -0.3 is 5.73 Å². The second-order valence-electron chi connectivity index (χ2n) is 3.28. The lowest BCUT2D eigenvalue weighted by molar-refractivity contribution is 1.15. The molecule has 1 aromatic carbocycles. The molecule has 18 heavy (non-hydrogen) atoms. The van der Waals surface area contributed by atoms with Crippen LogP contribution in [0.1, 0.15) is 38.8 Å². The Morgan fingerprint density at radius 2 is 1.50 bits per heavy atom. The summed E-state index contributed by atoms with van der Waals surface area (Å²) in [6.45, 7) is 8.00. The van der Waals surface area contributed by atoms with Crippen LogP contribution in [0.3, 0.4) is 0 Å². The monoisotopic (exact) mass is 244 g/mol. The lowest BCUT2D eigenvalue weighted by atomic mass is 10.1. The molecule has 0 bridgehead atoms. The van der Waals surface area contributed by atoms with Crippen molar-refractivity contribution < 1.29 is 0 Å². The van der Waals surface area contributed by atoms with E-state index in [9.17, 15) is 0 Å². The molecule has 1 aromatic heterocycles. The topological polar surface area (TPSA) is 38.9 Å². The molecule has 1 heterocycles. The van der Waals surface area contributed by atoms with Gasteiger partial charge in [-0.25, -0.2) is 0 Å². The predicted octanol–water partition coefficient (Wildman–Crippen LogP) is 4.31. The fraction of sp³-hybridized carbons (Fsp3) is 0.312. The Morgan fingerprint density at radius 3 is 2.00 bits per heavy atom. The highest BCUT2D eigenvalue weighted by Gasteiger charge is 1.95. The van der Waals surface area contributed by atoms with Gasteiger partial charge >= 0.3 is 0 Å². The molecule has 0 fully saturated rings. The molecular formula is C16H24N2. The van der Waals surface area contributed by atoms with E-state index >= 15 is 0 Å². The first-order valence-corrected chi connectivity index (χ1v) is 6.58. The summed E-state index contributed by atoms with van der Waals surface area (Å²) in [5.74, 6) is 0. The van der Waals surface area contributed by atoms with E-state index in [1.54, 1.807) is 6.20 Å². The van der Waals surface area contributed by atoms with Crippen molar-refractivity contribution in [3.05, 3.63) is 59.9 Å². The summed E-state index contributed by atoms with van der Waals surface area (Å²) in [4.78, 5) is 4.07. The summed E-state index contributed by atoms with van der Waals surface area (Å²) in [6, 6.07) is 12.0. The van der Waals surface area contributed by atoms with Gasteiger partial charge in [-0.2, -0.15) is 0 Å². The maximum Gasteiger partial charge on any atom is 0.0314 e. The number of hydrogen-bond donors (Lipinski definition) is 1. The van der Waals surface area contributed by atoms with Gasteiger partial charge in [0.05, 0.1) is 0 Å². The predicted molar refractivity (Wildman–Crippen MR) is 80.6 cm³/mol. The Balaban J connectivity index is 0.000000659. The first-order valence-electron chi connectivity index (χ1n) is 6.58. The molecule has 0 saturated carbocycles. The van der Waals surface area contributed by atoms with Gasteiger partial charge in [-0.15, -0.1) is 0 Å².